The van der Waals surface area contributed by atoms with E-state index in [4.69, 9.17) is 0 Å². The number of nitrogens with zero attached hydrogens (tertiary/aromatic N) is 1. The molecule has 1 aromatic carbocycles. The van der Waals surface area contributed by atoms with Crippen molar-refractivity contribution in [3.8, 4) is 0 Å². The van der Waals surface area contributed by atoms with Crippen LogP contribution in [0.4, 0.5) is 0 Å². The van der Waals surface area contributed by atoms with Crippen LogP contribution in [0.5, 0.6) is 0 Å². The molecule has 2 rings (SSSR count). The van der Waals surface area contributed by atoms with Crippen LogP contribution in [0, 0.1) is 0 Å². The van der Waals surface area contributed by atoms with Crippen LogP contribution in [0.1, 0.15) is 37.0 Å². The van der Waals surface area contributed by atoms with Gasteiger partial charge in [-0.15, -0.1) is 0 Å². The molecule has 1 N–H and O–H groups in total. The molecule has 1 heterocycles. The molecule has 0 spiro atoms. The Balaban J connectivity index is 1.84. The molecule has 2 nitrogen and oxygen atoms in total. The minimum atomic E-state index is -0.354. The van der Waals surface area contributed by atoms with Crippen molar-refractivity contribution in [3.05, 3.63) is 35.4 Å². The summed E-state index contributed by atoms with van der Waals surface area (Å²) in [6, 6.07) is 8.34. The smallest absolute Gasteiger partial charge is 0.0761 e. The van der Waals surface area contributed by atoms with E-state index in [1.165, 1.54) is 38.0 Å². The molecule has 1 aliphatic heterocycles. The van der Waals surface area contributed by atoms with Crippen molar-refractivity contribution < 1.29 is 5.11 Å². The van der Waals surface area contributed by atoms with E-state index >= 15 is 0 Å². The predicted molar refractivity (Wildman–Crippen MR) is 66.5 cm³/mol. The summed E-state index contributed by atoms with van der Waals surface area (Å²) < 4.78 is 0. The van der Waals surface area contributed by atoms with Gasteiger partial charge in [0.15, 0.2) is 0 Å². The Morgan fingerprint density at radius 2 is 1.81 bits per heavy atom. The third-order valence-electron chi connectivity index (χ3n) is 3.38. The van der Waals surface area contributed by atoms with Crippen LogP contribution in [0.3, 0.4) is 0 Å². The molecule has 0 aliphatic carbocycles. The van der Waals surface area contributed by atoms with Gasteiger partial charge in [0.25, 0.3) is 0 Å². The first-order valence-electron chi connectivity index (χ1n) is 6.25. The highest BCUT2D eigenvalue weighted by atomic mass is 16.3. The minimum Gasteiger partial charge on any atom is -0.389 e. The van der Waals surface area contributed by atoms with Crippen molar-refractivity contribution in [2.75, 3.05) is 19.6 Å². The van der Waals surface area contributed by atoms with Gasteiger partial charge in [-0.25, -0.2) is 0 Å². The van der Waals surface area contributed by atoms with E-state index in [1.54, 1.807) is 6.92 Å². The topological polar surface area (TPSA) is 23.5 Å². The third kappa shape index (κ3) is 3.06. The molecule has 2 heteroatoms. The van der Waals surface area contributed by atoms with Crippen LogP contribution in [-0.4, -0.2) is 29.6 Å². The van der Waals surface area contributed by atoms with Crippen molar-refractivity contribution in [3.63, 3.8) is 0 Å². The van der Waals surface area contributed by atoms with Crippen LogP contribution in [0.15, 0.2) is 24.3 Å². The van der Waals surface area contributed by atoms with Crippen LogP contribution >= 0.6 is 0 Å². The number of benzene rings is 1. The van der Waals surface area contributed by atoms with Crippen molar-refractivity contribution in [2.45, 2.75) is 32.3 Å². The lowest BCUT2D eigenvalue weighted by Gasteiger charge is -2.14. The number of hydrogen-bond donors (Lipinski definition) is 1. The van der Waals surface area contributed by atoms with Gasteiger partial charge in [0, 0.05) is 6.54 Å². The van der Waals surface area contributed by atoms with Gasteiger partial charge in [-0.05, 0) is 50.4 Å². The van der Waals surface area contributed by atoms with Crippen LogP contribution < -0.4 is 0 Å². The summed E-state index contributed by atoms with van der Waals surface area (Å²) in [4.78, 5) is 2.53. The highest BCUT2D eigenvalue weighted by Gasteiger charge is 2.10. The fourth-order valence-corrected chi connectivity index (χ4v) is 2.26. The number of rotatable bonds is 4. The molecule has 1 saturated heterocycles. The maximum atomic E-state index is 9.41. The van der Waals surface area contributed by atoms with Crippen molar-refractivity contribution >= 4 is 0 Å². The van der Waals surface area contributed by atoms with Gasteiger partial charge >= 0.3 is 0 Å². The highest BCUT2D eigenvalue weighted by molar-refractivity contribution is 5.24. The molecule has 1 aromatic rings. The van der Waals surface area contributed by atoms with E-state index in [1.807, 2.05) is 12.1 Å². The molecule has 0 bridgehead atoms. The summed E-state index contributed by atoms with van der Waals surface area (Å²) in [6.45, 7) is 5.52. The molecule has 1 fully saturated rings. The van der Waals surface area contributed by atoms with Gasteiger partial charge in [0.05, 0.1) is 6.10 Å². The summed E-state index contributed by atoms with van der Waals surface area (Å²) in [5.74, 6) is 0. The molecule has 1 unspecified atom stereocenters. The van der Waals surface area contributed by atoms with Gasteiger partial charge < -0.3 is 10.0 Å². The second-order valence-electron chi connectivity index (χ2n) is 4.72. The summed E-state index contributed by atoms with van der Waals surface area (Å²) in [6.07, 6.45) is 3.50. The average Bonchev–Trinajstić information content (AvgIpc) is 2.80. The maximum Gasteiger partial charge on any atom is 0.0761 e. The van der Waals surface area contributed by atoms with Crippen LogP contribution in [-0.2, 0) is 6.42 Å². The van der Waals surface area contributed by atoms with Crippen LogP contribution in [0.25, 0.3) is 0 Å². The van der Waals surface area contributed by atoms with E-state index in [2.05, 4.69) is 17.0 Å². The molecule has 0 saturated carbocycles. The Kier molecular flexibility index (Phi) is 3.97. The average molecular weight is 219 g/mol. The number of aliphatic hydroxyl groups is 1. The largest absolute Gasteiger partial charge is 0.389 e. The van der Waals surface area contributed by atoms with Gasteiger partial charge in [0.1, 0.15) is 0 Å². The second kappa shape index (κ2) is 5.46. The van der Waals surface area contributed by atoms with Crippen LogP contribution in [0.2, 0.25) is 0 Å². The van der Waals surface area contributed by atoms with Crippen molar-refractivity contribution in [1.82, 2.24) is 4.90 Å². The Bertz CT molecular complexity index is 312. The van der Waals surface area contributed by atoms with E-state index in [9.17, 15) is 5.11 Å². The maximum absolute atomic E-state index is 9.41. The highest BCUT2D eigenvalue weighted by Crippen LogP contribution is 2.14. The molecule has 1 atom stereocenters. The fourth-order valence-electron chi connectivity index (χ4n) is 2.26. The van der Waals surface area contributed by atoms with Crippen molar-refractivity contribution in [2.24, 2.45) is 0 Å². The number of hydrogen-bond acceptors (Lipinski definition) is 2. The number of aliphatic hydroxyl groups excluding tert-OH is 1. The summed E-state index contributed by atoms with van der Waals surface area (Å²) >= 11 is 0. The molecular formula is C14H21NO. The Hall–Kier alpha value is -0.860. The summed E-state index contributed by atoms with van der Waals surface area (Å²) in [5, 5.41) is 9.41. The van der Waals surface area contributed by atoms with E-state index in [-0.39, 0.29) is 6.10 Å². The first-order valence-corrected chi connectivity index (χ1v) is 6.25. The summed E-state index contributed by atoms with van der Waals surface area (Å²) in [5.41, 5.74) is 2.38. The molecule has 0 aromatic heterocycles. The lowest BCUT2D eigenvalue weighted by molar-refractivity contribution is 0.199. The summed E-state index contributed by atoms with van der Waals surface area (Å²) in [7, 11) is 0. The van der Waals surface area contributed by atoms with E-state index < -0.39 is 0 Å². The van der Waals surface area contributed by atoms with E-state index in [0.29, 0.717) is 0 Å². The molecular weight excluding hydrogens is 198 g/mol. The molecule has 1 aliphatic rings. The normalized spacial score (nSPS) is 18.9. The third-order valence-corrected chi connectivity index (χ3v) is 3.38. The number of likely N-dealkylation sites (tertiary alicyclic amines) is 1. The Morgan fingerprint density at radius 3 is 2.38 bits per heavy atom. The Labute approximate surface area is 97.9 Å². The van der Waals surface area contributed by atoms with Gasteiger partial charge in [-0.3, -0.25) is 0 Å². The molecule has 0 amide bonds. The standard InChI is InChI=1S/C14H21NO/c1-12(16)14-6-4-13(5-7-14)8-11-15-9-2-3-10-15/h4-7,12,16H,2-3,8-11H2,1H3. The first kappa shape index (κ1) is 11.6. The first-order chi connectivity index (χ1) is 7.75. The minimum absolute atomic E-state index is 0.354. The SMILES string of the molecule is CC(O)c1ccc(CCN2CCCC2)cc1. The van der Waals surface area contributed by atoms with Gasteiger partial charge in [-0.1, -0.05) is 24.3 Å². The zero-order valence-electron chi connectivity index (χ0n) is 10.0. The Morgan fingerprint density at radius 1 is 1.19 bits per heavy atom. The zero-order chi connectivity index (χ0) is 11.4. The van der Waals surface area contributed by atoms with Crippen molar-refractivity contribution in [1.29, 1.82) is 0 Å². The zero-order valence-corrected chi connectivity index (χ0v) is 10.0. The van der Waals surface area contributed by atoms with Gasteiger partial charge in [-0.2, -0.15) is 0 Å². The van der Waals surface area contributed by atoms with Gasteiger partial charge in [0.2, 0.25) is 0 Å². The second-order valence-corrected chi connectivity index (χ2v) is 4.72. The molecule has 88 valence electrons. The lowest BCUT2D eigenvalue weighted by Crippen LogP contribution is -2.21. The monoisotopic (exact) mass is 219 g/mol. The predicted octanol–water partition coefficient (Wildman–Crippen LogP) is 2.38. The molecule has 16 heavy (non-hydrogen) atoms. The molecule has 0 radical (unpaired) electrons. The quantitative estimate of drug-likeness (QED) is 0.840. The lowest BCUT2D eigenvalue weighted by atomic mass is 10.1. The van der Waals surface area contributed by atoms with E-state index in [0.717, 1.165) is 12.0 Å². The fraction of sp³-hybridized carbons (Fsp3) is 0.571.